The van der Waals surface area contributed by atoms with Crippen LogP contribution in [-0.4, -0.2) is 21.4 Å². The van der Waals surface area contributed by atoms with Crippen molar-refractivity contribution < 1.29 is 5.11 Å². The molecule has 1 atom stereocenters. The van der Waals surface area contributed by atoms with Crippen LogP contribution in [0.5, 0.6) is 0 Å². The molecule has 2 heterocycles. The van der Waals surface area contributed by atoms with E-state index in [1.54, 1.807) is 0 Å². The monoisotopic (exact) mass is 213 g/mol. The van der Waals surface area contributed by atoms with Crippen molar-refractivity contribution in [2.45, 2.75) is 11.7 Å². The third-order valence-corrected chi connectivity index (χ3v) is 2.04. The van der Waals surface area contributed by atoms with E-state index in [-0.39, 0.29) is 11.6 Å². The summed E-state index contributed by atoms with van der Waals surface area (Å²) in [5.74, 6) is -1.23. The quantitative estimate of drug-likeness (QED) is 0.441. The molecule has 7 heteroatoms. The first-order valence-electron chi connectivity index (χ1n) is 3.87. The first-order chi connectivity index (χ1) is 6.63. The van der Waals surface area contributed by atoms with Crippen LogP contribution in [0.4, 0.5) is 5.82 Å². The number of aromatic nitrogens is 2. The Kier molecular flexibility index (Phi) is 2.10. The van der Waals surface area contributed by atoms with Crippen molar-refractivity contribution >= 4 is 23.8 Å². The zero-order valence-electron chi connectivity index (χ0n) is 7.11. The summed E-state index contributed by atoms with van der Waals surface area (Å²) in [7, 11) is 0. The van der Waals surface area contributed by atoms with Crippen molar-refractivity contribution in [1.82, 2.24) is 9.97 Å². The molecule has 4 N–H and O–H groups in total. The van der Waals surface area contributed by atoms with E-state index in [4.69, 9.17) is 17.3 Å². The maximum atomic E-state index is 9.64. The minimum Gasteiger partial charge on any atom is -0.352 e. The third kappa shape index (κ3) is 1.43. The van der Waals surface area contributed by atoms with Crippen LogP contribution < -0.4 is 11.1 Å². The number of hydrogen-bond acceptors (Lipinski definition) is 6. The van der Waals surface area contributed by atoms with Gasteiger partial charge in [-0.15, -0.1) is 11.6 Å². The van der Waals surface area contributed by atoms with Crippen LogP contribution in [0.2, 0.25) is 0 Å². The van der Waals surface area contributed by atoms with Gasteiger partial charge in [-0.25, -0.2) is 15.0 Å². The van der Waals surface area contributed by atoms with Crippen LogP contribution in [-0.2, 0) is 11.7 Å². The lowest BCUT2D eigenvalue weighted by Crippen LogP contribution is -2.39. The molecule has 2 rings (SSSR count). The third-order valence-electron chi connectivity index (χ3n) is 1.77. The maximum Gasteiger partial charge on any atom is 0.260 e. The number of nitrogens with one attached hydrogen (secondary N) is 1. The second-order valence-electron chi connectivity index (χ2n) is 2.82. The number of aliphatic imine (C=N–C) groups is 1. The number of halogens is 1. The molecule has 0 saturated carbocycles. The molecule has 0 radical (unpaired) electrons. The van der Waals surface area contributed by atoms with E-state index in [9.17, 15) is 5.11 Å². The number of rotatable bonds is 1. The lowest BCUT2D eigenvalue weighted by molar-refractivity contribution is 0.0489. The summed E-state index contributed by atoms with van der Waals surface area (Å²) < 4.78 is 0. The fraction of sp³-hybridized carbons (Fsp3) is 0.286. The Balaban J connectivity index is 2.53. The minimum atomic E-state index is -1.82. The summed E-state index contributed by atoms with van der Waals surface area (Å²) in [6.07, 6.45) is 2.78. The van der Waals surface area contributed by atoms with Gasteiger partial charge < -0.3 is 10.4 Å². The molecule has 6 nitrogen and oxygen atoms in total. The molecular weight excluding hydrogens is 206 g/mol. The Labute approximate surface area is 84.8 Å². The van der Waals surface area contributed by atoms with E-state index in [2.05, 4.69) is 20.3 Å². The van der Waals surface area contributed by atoms with Crippen LogP contribution in [0.15, 0.2) is 11.2 Å². The van der Waals surface area contributed by atoms with Crippen LogP contribution in [0, 0.1) is 0 Å². The van der Waals surface area contributed by atoms with Gasteiger partial charge in [0, 0.05) is 0 Å². The highest BCUT2D eigenvalue weighted by Gasteiger charge is 2.31. The molecule has 0 amide bonds. The van der Waals surface area contributed by atoms with Gasteiger partial charge in [0.25, 0.3) is 5.85 Å². The summed E-state index contributed by atoms with van der Waals surface area (Å²) in [5.41, 5.74) is 6.20. The van der Waals surface area contributed by atoms with Gasteiger partial charge in [0.2, 0.25) is 0 Å². The molecule has 1 aliphatic rings. The molecule has 0 saturated heterocycles. The summed E-state index contributed by atoms with van der Waals surface area (Å²) in [6.45, 7) is 0. The van der Waals surface area contributed by atoms with Crippen molar-refractivity contribution in [2.24, 2.45) is 10.7 Å². The van der Waals surface area contributed by atoms with E-state index >= 15 is 0 Å². The number of aliphatic hydroxyl groups is 1. The van der Waals surface area contributed by atoms with Gasteiger partial charge in [0.1, 0.15) is 0 Å². The molecule has 1 aliphatic heterocycles. The zero-order chi connectivity index (χ0) is 10.2. The molecule has 0 aromatic carbocycles. The van der Waals surface area contributed by atoms with Crippen molar-refractivity contribution in [3.63, 3.8) is 0 Å². The average molecular weight is 214 g/mol. The standard InChI is InChI=1S/C7H8ClN5O/c8-1-4-2-10-6-5(13-4)7(9,14)12-3-11-6/h2-3,14H,1,9H2,(H,10,11,12). The highest BCUT2D eigenvalue weighted by molar-refractivity contribution is 6.16. The van der Waals surface area contributed by atoms with Crippen LogP contribution in [0.1, 0.15) is 11.4 Å². The average Bonchev–Trinajstić information content (AvgIpc) is 2.17. The first-order valence-corrected chi connectivity index (χ1v) is 4.41. The molecule has 0 bridgehead atoms. The van der Waals surface area contributed by atoms with E-state index < -0.39 is 5.85 Å². The van der Waals surface area contributed by atoms with Crippen LogP contribution >= 0.6 is 11.6 Å². The highest BCUT2D eigenvalue weighted by atomic mass is 35.5. The van der Waals surface area contributed by atoms with Crippen molar-refractivity contribution in [2.75, 3.05) is 5.32 Å². The summed E-state index contributed by atoms with van der Waals surface area (Å²) >= 11 is 5.58. The fourth-order valence-electron chi connectivity index (χ4n) is 1.11. The van der Waals surface area contributed by atoms with E-state index in [0.29, 0.717) is 11.5 Å². The van der Waals surface area contributed by atoms with E-state index in [1.807, 2.05) is 0 Å². The molecular formula is C7H8ClN5O. The Morgan fingerprint density at radius 1 is 1.64 bits per heavy atom. The molecule has 0 aliphatic carbocycles. The smallest absolute Gasteiger partial charge is 0.260 e. The summed E-state index contributed by atoms with van der Waals surface area (Å²) in [6, 6.07) is 0. The minimum absolute atomic E-state index is 0.179. The molecule has 1 unspecified atom stereocenters. The molecule has 1 aromatic rings. The van der Waals surface area contributed by atoms with Gasteiger partial charge in [-0.3, -0.25) is 5.73 Å². The zero-order valence-corrected chi connectivity index (χ0v) is 7.86. The number of nitrogens with zero attached hydrogens (tertiary/aromatic N) is 3. The lowest BCUT2D eigenvalue weighted by atomic mass is 10.2. The normalized spacial score (nSPS) is 24.2. The number of nitrogens with two attached hydrogens (primary N) is 1. The number of alkyl halides is 1. The summed E-state index contributed by atoms with van der Waals surface area (Å²) in [4.78, 5) is 11.7. The largest absolute Gasteiger partial charge is 0.352 e. The van der Waals surface area contributed by atoms with Gasteiger partial charge in [0.15, 0.2) is 11.5 Å². The van der Waals surface area contributed by atoms with Gasteiger partial charge >= 0.3 is 0 Å². The fourth-order valence-corrected chi connectivity index (χ4v) is 1.23. The second-order valence-corrected chi connectivity index (χ2v) is 3.09. The molecule has 0 spiro atoms. The van der Waals surface area contributed by atoms with Crippen molar-refractivity contribution in [1.29, 1.82) is 0 Å². The SMILES string of the molecule is NC1(O)N=CNc2ncc(CCl)nc21. The molecule has 14 heavy (non-hydrogen) atoms. The molecule has 1 aromatic heterocycles. The second kappa shape index (κ2) is 3.16. The summed E-state index contributed by atoms with van der Waals surface area (Å²) in [5, 5.41) is 12.4. The van der Waals surface area contributed by atoms with Gasteiger partial charge in [-0.05, 0) is 0 Å². The molecule has 0 fully saturated rings. The lowest BCUT2D eigenvalue weighted by Gasteiger charge is -2.23. The maximum absolute atomic E-state index is 9.64. The van der Waals surface area contributed by atoms with Crippen molar-refractivity contribution in [3.05, 3.63) is 17.6 Å². The topological polar surface area (TPSA) is 96.4 Å². The predicted molar refractivity (Wildman–Crippen MR) is 51.8 cm³/mol. The first kappa shape index (κ1) is 9.32. The Bertz CT molecular complexity index is 392. The van der Waals surface area contributed by atoms with Crippen LogP contribution in [0.25, 0.3) is 0 Å². The highest BCUT2D eigenvalue weighted by Crippen LogP contribution is 2.24. The van der Waals surface area contributed by atoms with Crippen molar-refractivity contribution in [3.8, 4) is 0 Å². The number of anilines is 1. The Morgan fingerprint density at radius 3 is 3.14 bits per heavy atom. The predicted octanol–water partition coefficient (Wildman–Crippen LogP) is -0.270. The number of hydrogen-bond donors (Lipinski definition) is 3. The van der Waals surface area contributed by atoms with Gasteiger partial charge in [0.05, 0.1) is 24.1 Å². The van der Waals surface area contributed by atoms with Gasteiger partial charge in [-0.2, -0.15) is 0 Å². The Hall–Kier alpha value is -1.24. The van der Waals surface area contributed by atoms with Crippen LogP contribution in [0.3, 0.4) is 0 Å². The molecule has 74 valence electrons. The Morgan fingerprint density at radius 2 is 2.43 bits per heavy atom. The van der Waals surface area contributed by atoms with E-state index in [0.717, 1.165) is 0 Å². The number of fused-ring (bicyclic) bond motifs is 1. The van der Waals surface area contributed by atoms with Gasteiger partial charge in [-0.1, -0.05) is 0 Å². The van der Waals surface area contributed by atoms with E-state index in [1.165, 1.54) is 12.5 Å².